The molecule has 0 aliphatic heterocycles. The van der Waals surface area contributed by atoms with Crippen molar-refractivity contribution in [3.05, 3.63) is 66.1 Å². The summed E-state index contributed by atoms with van der Waals surface area (Å²) in [5, 5.41) is 8.74. The summed E-state index contributed by atoms with van der Waals surface area (Å²) in [5.74, 6) is 0.723. The predicted molar refractivity (Wildman–Crippen MR) is 75.3 cm³/mol. The van der Waals surface area contributed by atoms with E-state index in [-0.39, 0.29) is 0 Å². The number of hydrogen-bond donors (Lipinski definition) is 0. The summed E-state index contributed by atoms with van der Waals surface area (Å²) >= 11 is 0. The number of benzene rings is 1. The summed E-state index contributed by atoms with van der Waals surface area (Å²) in [5.41, 5.74) is 2.61. The number of aromatic nitrogens is 2. The van der Waals surface area contributed by atoms with Crippen molar-refractivity contribution in [2.24, 2.45) is 0 Å². The van der Waals surface area contributed by atoms with Crippen molar-refractivity contribution >= 4 is 5.65 Å². The van der Waals surface area contributed by atoms with Gasteiger partial charge in [-0.15, -0.1) is 0 Å². The second-order valence-electron chi connectivity index (χ2n) is 4.44. The summed E-state index contributed by atoms with van der Waals surface area (Å²) in [6.07, 6.45) is 4.06. The average molecular weight is 263 g/mol. The highest BCUT2D eigenvalue weighted by atomic mass is 16.5. The van der Waals surface area contributed by atoms with Crippen LogP contribution in [0.2, 0.25) is 0 Å². The molecule has 0 fully saturated rings. The Morgan fingerprint density at radius 3 is 2.80 bits per heavy atom. The van der Waals surface area contributed by atoms with Gasteiger partial charge < -0.3 is 9.14 Å². The number of ether oxygens (including phenoxy) is 1. The van der Waals surface area contributed by atoms with E-state index in [1.807, 2.05) is 59.3 Å². The first kappa shape index (κ1) is 12.2. The molecule has 0 unspecified atom stereocenters. The maximum absolute atomic E-state index is 8.74. The number of hydrogen-bond acceptors (Lipinski definition) is 3. The quantitative estimate of drug-likeness (QED) is 0.727. The largest absolute Gasteiger partial charge is 0.485 e. The van der Waals surface area contributed by atoms with Gasteiger partial charge in [-0.3, -0.25) is 0 Å². The van der Waals surface area contributed by atoms with Crippen molar-refractivity contribution in [3.63, 3.8) is 0 Å². The monoisotopic (exact) mass is 263 g/mol. The molecular formula is C16H13N3O. The third-order valence-corrected chi connectivity index (χ3v) is 2.99. The highest BCUT2D eigenvalue weighted by molar-refractivity contribution is 5.54. The second-order valence-corrected chi connectivity index (χ2v) is 4.44. The van der Waals surface area contributed by atoms with Gasteiger partial charge in [0.2, 0.25) is 0 Å². The molecule has 4 heteroatoms. The third kappa shape index (κ3) is 2.47. The van der Waals surface area contributed by atoms with Crippen LogP contribution in [0.3, 0.4) is 0 Å². The zero-order chi connectivity index (χ0) is 13.8. The molecule has 0 N–H and O–H groups in total. The zero-order valence-corrected chi connectivity index (χ0v) is 10.9. The molecule has 20 heavy (non-hydrogen) atoms. The minimum atomic E-state index is 0.305. The van der Waals surface area contributed by atoms with E-state index in [9.17, 15) is 0 Å². The number of imidazole rings is 1. The number of rotatable bonds is 4. The molecule has 3 rings (SSSR count). The molecule has 0 amide bonds. The maximum Gasteiger partial charge on any atom is 0.179 e. The third-order valence-electron chi connectivity index (χ3n) is 2.99. The lowest BCUT2D eigenvalue weighted by molar-refractivity contribution is 0.308. The van der Waals surface area contributed by atoms with E-state index in [0.29, 0.717) is 13.0 Å². The van der Waals surface area contributed by atoms with Gasteiger partial charge in [-0.1, -0.05) is 30.3 Å². The molecular weight excluding hydrogens is 250 g/mol. The van der Waals surface area contributed by atoms with Crippen molar-refractivity contribution in [2.75, 3.05) is 0 Å². The highest BCUT2D eigenvalue weighted by Crippen LogP contribution is 2.20. The van der Waals surface area contributed by atoms with Gasteiger partial charge in [0.15, 0.2) is 11.4 Å². The summed E-state index contributed by atoms with van der Waals surface area (Å²) in [7, 11) is 0. The molecule has 0 atom stereocenters. The molecule has 4 nitrogen and oxygen atoms in total. The molecule has 0 bridgehead atoms. The number of fused-ring (bicyclic) bond motifs is 1. The van der Waals surface area contributed by atoms with Crippen molar-refractivity contribution < 1.29 is 4.74 Å². The molecule has 98 valence electrons. The Kier molecular flexibility index (Phi) is 3.34. The predicted octanol–water partition coefficient (Wildman–Crippen LogP) is 2.98. The normalized spacial score (nSPS) is 10.3. The standard InChI is InChI=1S/C16H13N3O/c17-9-8-14-11-19-10-4-7-15(16(19)18-14)20-12-13-5-2-1-3-6-13/h1-7,10-11H,8,12H2. The topological polar surface area (TPSA) is 50.3 Å². The second kappa shape index (κ2) is 5.45. The molecule has 0 radical (unpaired) electrons. The van der Waals surface area contributed by atoms with E-state index in [4.69, 9.17) is 10.00 Å². The van der Waals surface area contributed by atoms with Crippen molar-refractivity contribution in [2.45, 2.75) is 13.0 Å². The fraction of sp³-hybridized carbons (Fsp3) is 0.125. The SMILES string of the molecule is N#CCc1cn2cccc(OCc3ccccc3)c2n1. The molecule has 3 aromatic rings. The van der Waals surface area contributed by atoms with Crippen LogP contribution in [0.1, 0.15) is 11.3 Å². The van der Waals surface area contributed by atoms with E-state index in [0.717, 1.165) is 22.7 Å². The molecule has 2 aromatic heterocycles. The van der Waals surface area contributed by atoms with Crippen LogP contribution in [0.15, 0.2) is 54.9 Å². The molecule has 0 aliphatic carbocycles. The van der Waals surface area contributed by atoms with Crippen LogP contribution in [0.25, 0.3) is 5.65 Å². The number of pyridine rings is 1. The summed E-state index contributed by atoms with van der Waals surface area (Å²) in [6, 6.07) is 15.9. The average Bonchev–Trinajstić information content (AvgIpc) is 2.89. The first-order valence-electron chi connectivity index (χ1n) is 6.37. The zero-order valence-electron chi connectivity index (χ0n) is 10.9. The fourth-order valence-corrected chi connectivity index (χ4v) is 2.05. The van der Waals surface area contributed by atoms with Crippen LogP contribution in [0.4, 0.5) is 0 Å². The van der Waals surface area contributed by atoms with Crippen LogP contribution in [0, 0.1) is 11.3 Å². The fourth-order valence-electron chi connectivity index (χ4n) is 2.05. The smallest absolute Gasteiger partial charge is 0.179 e. The van der Waals surface area contributed by atoms with Gasteiger partial charge in [0, 0.05) is 12.4 Å². The van der Waals surface area contributed by atoms with E-state index < -0.39 is 0 Å². The highest BCUT2D eigenvalue weighted by Gasteiger charge is 2.07. The Bertz CT molecular complexity index is 756. The van der Waals surface area contributed by atoms with Crippen molar-refractivity contribution in [1.29, 1.82) is 5.26 Å². The first-order chi connectivity index (χ1) is 9.86. The van der Waals surface area contributed by atoms with Gasteiger partial charge in [0.25, 0.3) is 0 Å². The van der Waals surface area contributed by atoms with Crippen molar-refractivity contribution in [3.8, 4) is 11.8 Å². The van der Waals surface area contributed by atoms with Crippen LogP contribution in [-0.2, 0) is 13.0 Å². The van der Waals surface area contributed by atoms with Gasteiger partial charge in [-0.05, 0) is 17.7 Å². The van der Waals surface area contributed by atoms with E-state index in [2.05, 4.69) is 11.1 Å². The van der Waals surface area contributed by atoms with Crippen LogP contribution in [0.5, 0.6) is 5.75 Å². The molecule has 2 heterocycles. The lowest BCUT2D eigenvalue weighted by Crippen LogP contribution is -1.97. The molecule has 0 saturated heterocycles. The van der Waals surface area contributed by atoms with Gasteiger partial charge >= 0.3 is 0 Å². The van der Waals surface area contributed by atoms with E-state index in [1.54, 1.807) is 0 Å². The minimum absolute atomic E-state index is 0.305. The number of nitrogens with zero attached hydrogens (tertiary/aromatic N) is 3. The Labute approximate surface area is 116 Å². The molecule has 0 saturated carbocycles. The van der Waals surface area contributed by atoms with Crippen LogP contribution >= 0.6 is 0 Å². The van der Waals surface area contributed by atoms with Crippen molar-refractivity contribution in [1.82, 2.24) is 9.38 Å². The maximum atomic E-state index is 8.74. The summed E-state index contributed by atoms with van der Waals surface area (Å²) in [4.78, 5) is 4.43. The Morgan fingerprint density at radius 1 is 1.15 bits per heavy atom. The lowest BCUT2D eigenvalue weighted by atomic mass is 10.2. The molecule has 1 aromatic carbocycles. The van der Waals surface area contributed by atoms with Gasteiger partial charge in [0.05, 0.1) is 18.2 Å². The molecule has 0 aliphatic rings. The molecule has 0 spiro atoms. The lowest BCUT2D eigenvalue weighted by Gasteiger charge is -2.07. The number of nitriles is 1. The van der Waals surface area contributed by atoms with Crippen LogP contribution in [-0.4, -0.2) is 9.38 Å². The Morgan fingerprint density at radius 2 is 2.00 bits per heavy atom. The van der Waals surface area contributed by atoms with Gasteiger partial charge in [0.1, 0.15) is 6.61 Å². The Balaban J connectivity index is 1.86. The summed E-state index contributed by atoms with van der Waals surface area (Å²) < 4.78 is 7.71. The Hall–Kier alpha value is -2.80. The van der Waals surface area contributed by atoms with Gasteiger partial charge in [-0.25, -0.2) is 4.98 Å². The van der Waals surface area contributed by atoms with E-state index >= 15 is 0 Å². The van der Waals surface area contributed by atoms with Crippen LogP contribution < -0.4 is 4.74 Å². The van der Waals surface area contributed by atoms with E-state index in [1.165, 1.54) is 0 Å². The van der Waals surface area contributed by atoms with Gasteiger partial charge in [-0.2, -0.15) is 5.26 Å². The first-order valence-corrected chi connectivity index (χ1v) is 6.37. The minimum Gasteiger partial charge on any atom is -0.485 e. The summed E-state index contributed by atoms with van der Waals surface area (Å²) in [6.45, 7) is 0.501.